The Bertz CT molecular complexity index is 438. The molecule has 1 rings (SSSR count). The van der Waals surface area contributed by atoms with Gasteiger partial charge >= 0.3 is 0 Å². The molecule has 0 spiro atoms. The highest BCUT2D eigenvalue weighted by atomic mass is 32.1. The van der Waals surface area contributed by atoms with E-state index in [1.807, 2.05) is 20.8 Å². The number of rotatable bonds is 7. The van der Waals surface area contributed by atoms with Gasteiger partial charge in [0.1, 0.15) is 0 Å². The lowest BCUT2D eigenvalue weighted by Crippen LogP contribution is -2.24. The molecule has 0 aliphatic rings. The van der Waals surface area contributed by atoms with Crippen LogP contribution in [0.2, 0.25) is 0 Å². The van der Waals surface area contributed by atoms with Crippen molar-refractivity contribution in [3.8, 4) is 0 Å². The van der Waals surface area contributed by atoms with E-state index in [1.54, 1.807) is 23.6 Å². The Kier molecular flexibility index (Phi) is 6.18. The Morgan fingerprint density at radius 2 is 2.32 bits per heavy atom. The molecule has 0 fully saturated rings. The smallest absolute Gasteiger partial charge is 0.244 e. The van der Waals surface area contributed by atoms with E-state index in [9.17, 15) is 4.79 Å². The maximum absolute atomic E-state index is 11.6. The van der Waals surface area contributed by atoms with E-state index < -0.39 is 0 Å². The number of thiazole rings is 1. The first-order valence-corrected chi connectivity index (χ1v) is 7.24. The lowest BCUT2D eigenvalue weighted by Gasteiger charge is -2.20. The fraction of sp³-hybridized carbons (Fsp3) is 0.571. The van der Waals surface area contributed by atoms with E-state index in [4.69, 9.17) is 5.11 Å². The van der Waals surface area contributed by atoms with E-state index in [0.29, 0.717) is 6.54 Å². The summed E-state index contributed by atoms with van der Waals surface area (Å²) in [5, 5.41) is 12.9. The summed E-state index contributed by atoms with van der Waals surface area (Å²) in [4.78, 5) is 16.7. The molecule has 0 atom stereocenters. The zero-order valence-corrected chi connectivity index (χ0v) is 12.6. The molecule has 1 aromatic rings. The summed E-state index contributed by atoms with van der Waals surface area (Å²) in [6.45, 7) is 6.77. The molecule has 0 bridgehead atoms. The monoisotopic (exact) mass is 282 g/mol. The Morgan fingerprint density at radius 3 is 2.89 bits per heavy atom. The predicted molar refractivity (Wildman–Crippen MR) is 79.0 cm³/mol. The van der Waals surface area contributed by atoms with Gasteiger partial charge in [0, 0.05) is 30.3 Å². The van der Waals surface area contributed by atoms with Crippen molar-refractivity contribution in [2.45, 2.75) is 33.6 Å². The van der Waals surface area contributed by atoms with E-state index in [0.717, 1.165) is 22.7 Å². The predicted octanol–water partition coefficient (Wildman–Crippen LogP) is 2.38. The second-order valence-corrected chi connectivity index (χ2v) is 6.60. The minimum atomic E-state index is -0.0899. The van der Waals surface area contributed by atoms with Gasteiger partial charge in [-0.05, 0) is 31.3 Å². The summed E-state index contributed by atoms with van der Waals surface area (Å²) in [5.41, 5.74) is -0.0687. The molecule has 5 heteroatoms. The summed E-state index contributed by atoms with van der Waals surface area (Å²) in [6.07, 6.45) is 6.82. The molecule has 106 valence electrons. The van der Waals surface area contributed by atoms with Crippen LogP contribution in [-0.4, -0.2) is 29.1 Å². The van der Waals surface area contributed by atoms with Gasteiger partial charge in [0.2, 0.25) is 5.91 Å². The molecule has 4 nitrogen and oxygen atoms in total. The number of hydrogen-bond donors (Lipinski definition) is 2. The first-order chi connectivity index (χ1) is 8.93. The Morgan fingerprint density at radius 1 is 1.58 bits per heavy atom. The molecule has 2 N–H and O–H groups in total. The van der Waals surface area contributed by atoms with Gasteiger partial charge < -0.3 is 10.4 Å². The van der Waals surface area contributed by atoms with Crippen LogP contribution in [0.15, 0.2) is 12.3 Å². The minimum absolute atomic E-state index is 0.0687. The van der Waals surface area contributed by atoms with Crippen LogP contribution in [0.3, 0.4) is 0 Å². The van der Waals surface area contributed by atoms with Crippen LogP contribution in [0, 0.1) is 12.3 Å². The number of nitrogens with zero attached hydrogens (tertiary/aromatic N) is 1. The summed E-state index contributed by atoms with van der Waals surface area (Å²) < 4.78 is 0. The summed E-state index contributed by atoms with van der Waals surface area (Å²) >= 11 is 1.56. The van der Waals surface area contributed by atoms with Crippen LogP contribution >= 0.6 is 11.3 Å². The third kappa shape index (κ3) is 6.50. The van der Waals surface area contributed by atoms with Crippen molar-refractivity contribution >= 4 is 23.3 Å². The van der Waals surface area contributed by atoms with Gasteiger partial charge in [0.15, 0.2) is 0 Å². The first kappa shape index (κ1) is 15.9. The van der Waals surface area contributed by atoms with Gasteiger partial charge in [-0.3, -0.25) is 4.79 Å². The molecular weight excluding hydrogens is 260 g/mol. The van der Waals surface area contributed by atoms with Gasteiger partial charge in [-0.25, -0.2) is 4.98 Å². The molecule has 0 aromatic carbocycles. The molecule has 0 saturated heterocycles. The number of amides is 1. The number of carbonyl (C=O) groups excluding carboxylic acids is 1. The van der Waals surface area contributed by atoms with Gasteiger partial charge in [-0.15, -0.1) is 11.3 Å². The molecular formula is C14H22N2O2S. The van der Waals surface area contributed by atoms with Crippen LogP contribution in [0.1, 0.15) is 36.6 Å². The second-order valence-electron chi connectivity index (χ2n) is 5.33. The van der Waals surface area contributed by atoms with Gasteiger partial charge in [0.25, 0.3) is 0 Å². The number of aryl methyl sites for hydroxylation is 1. The standard InChI is InChI=1S/C14H22N2O2S/c1-11-16-9-12(19-11)5-6-13(18)15-8-4-7-14(2,3)10-17/h5-6,9,17H,4,7-8,10H2,1-3H3,(H,15,18)/b6-5+. The van der Waals surface area contributed by atoms with Crippen molar-refractivity contribution in [3.05, 3.63) is 22.2 Å². The van der Waals surface area contributed by atoms with Crippen LogP contribution in [-0.2, 0) is 4.79 Å². The van der Waals surface area contributed by atoms with Crippen molar-refractivity contribution in [1.29, 1.82) is 0 Å². The fourth-order valence-electron chi connectivity index (χ4n) is 1.53. The Hall–Kier alpha value is -1.20. The normalized spacial score (nSPS) is 12.0. The maximum atomic E-state index is 11.6. The molecule has 19 heavy (non-hydrogen) atoms. The quantitative estimate of drug-likeness (QED) is 0.596. The van der Waals surface area contributed by atoms with Crippen molar-refractivity contribution in [2.75, 3.05) is 13.2 Å². The van der Waals surface area contributed by atoms with Crippen LogP contribution < -0.4 is 5.32 Å². The van der Waals surface area contributed by atoms with E-state index >= 15 is 0 Å². The number of aromatic nitrogens is 1. The van der Waals surface area contributed by atoms with Crippen molar-refractivity contribution in [1.82, 2.24) is 10.3 Å². The molecule has 0 saturated carbocycles. The first-order valence-electron chi connectivity index (χ1n) is 6.42. The Labute approximate surface area is 118 Å². The van der Waals surface area contributed by atoms with Crippen LogP contribution in [0.5, 0.6) is 0 Å². The van der Waals surface area contributed by atoms with E-state index in [2.05, 4.69) is 10.3 Å². The molecule has 0 aliphatic carbocycles. The third-order valence-corrected chi connectivity index (χ3v) is 3.67. The van der Waals surface area contributed by atoms with Gasteiger partial charge in [-0.1, -0.05) is 13.8 Å². The van der Waals surface area contributed by atoms with Crippen LogP contribution in [0.4, 0.5) is 0 Å². The zero-order chi connectivity index (χ0) is 14.3. The average molecular weight is 282 g/mol. The van der Waals surface area contributed by atoms with E-state index in [1.165, 1.54) is 6.08 Å². The fourth-order valence-corrected chi connectivity index (χ4v) is 2.22. The number of aliphatic hydroxyl groups is 1. The summed E-state index contributed by atoms with van der Waals surface area (Å²) in [5.74, 6) is -0.0899. The maximum Gasteiger partial charge on any atom is 0.244 e. The number of aliphatic hydroxyl groups excluding tert-OH is 1. The molecule has 1 amide bonds. The third-order valence-electron chi connectivity index (χ3n) is 2.80. The molecule has 0 aliphatic heterocycles. The van der Waals surface area contributed by atoms with Gasteiger partial charge in [0.05, 0.1) is 5.01 Å². The molecule has 0 unspecified atom stereocenters. The number of nitrogens with one attached hydrogen (secondary N) is 1. The van der Waals surface area contributed by atoms with Gasteiger partial charge in [-0.2, -0.15) is 0 Å². The van der Waals surface area contributed by atoms with E-state index in [-0.39, 0.29) is 17.9 Å². The SMILES string of the molecule is Cc1ncc(/C=C/C(=O)NCCCC(C)(C)CO)s1. The highest BCUT2D eigenvalue weighted by molar-refractivity contribution is 7.12. The average Bonchev–Trinajstić information content (AvgIpc) is 2.78. The number of carbonyl (C=O) groups is 1. The molecule has 1 aromatic heterocycles. The second kappa shape index (κ2) is 7.40. The zero-order valence-electron chi connectivity index (χ0n) is 11.8. The van der Waals surface area contributed by atoms with Crippen LogP contribution in [0.25, 0.3) is 6.08 Å². The largest absolute Gasteiger partial charge is 0.396 e. The van der Waals surface area contributed by atoms with Crippen molar-refractivity contribution < 1.29 is 9.90 Å². The number of hydrogen-bond acceptors (Lipinski definition) is 4. The van der Waals surface area contributed by atoms with Crippen molar-refractivity contribution in [3.63, 3.8) is 0 Å². The topological polar surface area (TPSA) is 62.2 Å². The lowest BCUT2D eigenvalue weighted by molar-refractivity contribution is -0.116. The lowest BCUT2D eigenvalue weighted by atomic mass is 9.89. The van der Waals surface area contributed by atoms with Crippen molar-refractivity contribution in [2.24, 2.45) is 5.41 Å². The highest BCUT2D eigenvalue weighted by Gasteiger charge is 2.15. The minimum Gasteiger partial charge on any atom is -0.396 e. The molecule has 0 radical (unpaired) electrons. The summed E-state index contributed by atoms with van der Waals surface area (Å²) in [7, 11) is 0. The summed E-state index contributed by atoms with van der Waals surface area (Å²) in [6, 6.07) is 0. The molecule has 1 heterocycles. The Balaban J connectivity index is 2.23. The highest BCUT2D eigenvalue weighted by Crippen LogP contribution is 2.20.